The molecule has 2 aromatic rings. The van der Waals surface area contributed by atoms with Gasteiger partial charge in [0.15, 0.2) is 0 Å². The molecular formula is C20H27N3O4. The monoisotopic (exact) mass is 373 g/mol. The van der Waals surface area contributed by atoms with E-state index in [1.54, 1.807) is 38.2 Å². The normalized spacial score (nSPS) is 16.3. The van der Waals surface area contributed by atoms with Crippen molar-refractivity contribution in [3.8, 4) is 5.75 Å². The molecule has 27 heavy (non-hydrogen) atoms. The van der Waals surface area contributed by atoms with Gasteiger partial charge in [0.2, 0.25) is 5.91 Å². The molecule has 2 heterocycles. The van der Waals surface area contributed by atoms with Gasteiger partial charge in [-0.25, -0.2) is 4.79 Å². The molecule has 0 bridgehead atoms. The minimum atomic E-state index is -0.348. The van der Waals surface area contributed by atoms with Crippen LogP contribution in [0.4, 0.5) is 0 Å². The molecule has 0 N–H and O–H groups in total. The van der Waals surface area contributed by atoms with Gasteiger partial charge in [-0.05, 0) is 37.2 Å². The lowest BCUT2D eigenvalue weighted by Gasteiger charge is -2.23. The number of likely N-dealkylation sites (N-methyl/N-ethyl adjacent to an activating group) is 1. The highest BCUT2D eigenvalue weighted by Gasteiger charge is 2.19. The molecule has 1 amide bonds. The van der Waals surface area contributed by atoms with E-state index in [0.717, 1.165) is 43.5 Å². The highest BCUT2D eigenvalue weighted by molar-refractivity contribution is 5.81. The molecule has 0 aliphatic carbocycles. The molecule has 1 saturated heterocycles. The second-order valence-corrected chi connectivity index (χ2v) is 7.15. The summed E-state index contributed by atoms with van der Waals surface area (Å²) in [5.41, 5.74) is 1.16. The molecule has 7 heteroatoms. The first-order valence-corrected chi connectivity index (χ1v) is 9.22. The Balaban J connectivity index is 1.72. The highest BCUT2D eigenvalue weighted by Crippen LogP contribution is 2.23. The average molecular weight is 373 g/mol. The summed E-state index contributed by atoms with van der Waals surface area (Å²) >= 11 is 0. The fraction of sp³-hybridized carbons (Fsp3) is 0.500. The lowest BCUT2D eigenvalue weighted by molar-refractivity contribution is -0.129. The Bertz CT molecular complexity index is 862. The molecule has 146 valence electrons. The fourth-order valence-corrected chi connectivity index (χ4v) is 3.38. The molecule has 0 atom stereocenters. The van der Waals surface area contributed by atoms with Gasteiger partial charge < -0.3 is 14.1 Å². The molecule has 1 aliphatic heterocycles. The summed E-state index contributed by atoms with van der Waals surface area (Å²) < 4.78 is 10.6. The van der Waals surface area contributed by atoms with Crippen molar-refractivity contribution in [3.05, 3.63) is 40.2 Å². The molecule has 0 radical (unpaired) electrons. The summed E-state index contributed by atoms with van der Waals surface area (Å²) in [5, 5.41) is 0.930. The van der Waals surface area contributed by atoms with E-state index >= 15 is 0 Å². The van der Waals surface area contributed by atoms with Crippen LogP contribution in [0, 0.1) is 0 Å². The summed E-state index contributed by atoms with van der Waals surface area (Å²) in [5.74, 6) is 0.794. The van der Waals surface area contributed by atoms with Crippen LogP contribution in [0.2, 0.25) is 0 Å². The number of nitrogens with zero attached hydrogens (tertiary/aromatic N) is 3. The Morgan fingerprint density at radius 3 is 2.63 bits per heavy atom. The zero-order valence-electron chi connectivity index (χ0n) is 16.2. The van der Waals surface area contributed by atoms with Crippen LogP contribution in [0.1, 0.15) is 12.0 Å². The maximum absolute atomic E-state index is 12.0. The molecule has 1 aromatic heterocycles. The number of hydrogen-bond acceptors (Lipinski definition) is 6. The molecule has 0 spiro atoms. The molecule has 0 unspecified atom stereocenters. The van der Waals surface area contributed by atoms with Crippen molar-refractivity contribution in [2.75, 3.05) is 53.9 Å². The number of benzene rings is 1. The number of rotatable bonds is 5. The van der Waals surface area contributed by atoms with Crippen molar-refractivity contribution >= 4 is 16.9 Å². The zero-order valence-corrected chi connectivity index (χ0v) is 16.2. The van der Waals surface area contributed by atoms with Crippen molar-refractivity contribution in [3.63, 3.8) is 0 Å². The van der Waals surface area contributed by atoms with Crippen LogP contribution < -0.4 is 10.4 Å². The first kappa shape index (κ1) is 19.4. The Hall–Kier alpha value is -2.38. The van der Waals surface area contributed by atoms with Crippen LogP contribution >= 0.6 is 0 Å². The van der Waals surface area contributed by atoms with Crippen LogP contribution in [-0.2, 0) is 11.3 Å². The third-order valence-electron chi connectivity index (χ3n) is 4.97. The predicted octanol–water partition coefficient (Wildman–Crippen LogP) is 1.40. The van der Waals surface area contributed by atoms with E-state index in [4.69, 9.17) is 9.15 Å². The summed E-state index contributed by atoms with van der Waals surface area (Å²) in [6, 6.07) is 7.14. The number of ether oxygens (including phenoxy) is 1. The van der Waals surface area contributed by atoms with Gasteiger partial charge in [-0.1, -0.05) is 0 Å². The zero-order chi connectivity index (χ0) is 19.4. The summed E-state index contributed by atoms with van der Waals surface area (Å²) in [6.45, 7) is 4.68. The number of carbonyl (C=O) groups excluding carboxylic acids is 1. The highest BCUT2D eigenvalue weighted by atomic mass is 16.5. The van der Waals surface area contributed by atoms with Gasteiger partial charge >= 0.3 is 5.63 Å². The van der Waals surface area contributed by atoms with E-state index < -0.39 is 0 Å². The molecule has 7 nitrogen and oxygen atoms in total. The smallest absolute Gasteiger partial charge is 0.336 e. The van der Waals surface area contributed by atoms with E-state index in [-0.39, 0.29) is 11.5 Å². The lowest BCUT2D eigenvalue weighted by atomic mass is 10.1. The Labute approximate surface area is 159 Å². The molecular weight excluding hydrogens is 346 g/mol. The van der Waals surface area contributed by atoms with Crippen molar-refractivity contribution in [2.24, 2.45) is 0 Å². The largest absolute Gasteiger partial charge is 0.497 e. The van der Waals surface area contributed by atoms with Crippen molar-refractivity contribution < 1.29 is 13.9 Å². The van der Waals surface area contributed by atoms with Crippen LogP contribution in [0.3, 0.4) is 0 Å². The van der Waals surface area contributed by atoms with Gasteiger partial charge in [0.1, 0.15) is 11.3 Å². The van der Waals surface area contributed by atoms with Crippen LogP contribution in [0.5, 0.6) is 5.75 Å². The van der Waals surface area contributed by atoms with E-state index in [2.05, 4.69) is 9.80 Å². The van der Waals surface area contributed by atoms with E-state index in [1.165, 1.54) is 0 Å². The van der Waals surface area contributed by atoms with Crippen molar-refractivity contribution in [1.82, 2.24) is 14.7 Å². The summed E-state index contributed by atoms with van der Waals surface area (Å²) in [7, 11) is 5.16. The number of fused-ring (bicyclic) bond motifs is 1. The first-order valence-electron chi connectivity index (χ1n) is 9.22. The molecule has 1 aromatic carbocycles. The molecule has 1 aliphatic rings. The molecule has 3 rings (SSSR count). The summed E-state index contributed by atoms with van der Waals surface area (Å²) in [6.07, 6.45) is 0.994. The van der Waals surface area contributed by atoms with Crippen molar-refractivity contribution in [1.29, 1.82) is 0 Å². The van der Waals surface area contributed by atoms with Gasteiger partial charge in [0, 0.05) is 51.2 Å². The van der Waals surface area contributed by atoms with Gasteiger partial charge in [0.05, 0.1) is 13.7 Å². The minimum Gasteiger partial charge on any atom is -0.497 e. The maximum Gasteiger partial charge on any atom is 0.336 e. The summed E-state index contributed by atoms with van der Waals surface area (Å²) in [4.78, 5) is 30.1. The maximum atomic E-state index is 12.0. The fourth-order valence-electron chi connectivity index (χ4n) is 3.38. The molecule has 1 fully saturated rings. The number of amides is 1. The van der Waals surface area contributed by atoms with E-state index in [0.29, 0.717) is 24.4 Å². The third kappa shape index (κ3) is 4.87. The second-order valence-electron chi connectivity index (χ2n) is 7.15. The van der Waals surface area contributed by atoms with Gasteiger partial charge in [0.25, 0.3) is 0 Å². The Kier molecular flexibility index (Phi) is 6.13. The van der Waals surface area contributed by atoms with Gasteiger partial charge in [-0.3, -0.25) is 14.6 Å². The van der Waals surface area contributed by atoms with Gasteiger partial charge in [-0.15, -0.1) is 0 Å². The van der Waals surface area contributed by atoms with Crippen LogP contribution in [0.25, 0.3) is 11.0 Å². The predicted molar refractivity (Wildman–Crippen MR) is 104 cm³/mol. The SMILES string of the molecule is COc1ccc2c(CN3CCCN(CC(=O)N(C)C)CC3)cc(=O)oc2c1. The third-order valence-corrected chi connectivity index (χ3v) is 4.97. The number of methoxy groups -OCH3 is 1. The molecule has 0 saturated carbocycles. The number of hydrogen-bond donors (Lipinski definition) is 0. The second kappa shape index (κ2) is 8.54. The standard InChI is InChI=1S/C20H27N3O4/c1-21(2)19(24)14-23-8-4-7-22(9-10-23)13-15-11-20(25)27-18-12-16(26-3)5-6-17(15)18/h5-6,11-12H,4,7-10,13-14H2,1-3H3. The Morgan fingerprint density at radius 2 is 1.89 bits per heavy atom. The van der Waals surface area contributed by atoms with Crippen LogP contribution in [-0.4, -0.2) is 74.5 Å². The number of carbonyl (C=O) groups is 1. The first-order chi connectivity index (χ1) is 13.0. The lowest BCUT2D eigenvalue weighted by Crippen LogP contribution is -2.38. The van der Waals surface area contributed by atoms with Crippen molar-refractivity contribution in [2.45, 2.75) is 13.0 Å². The van der Waals surface area contributed by atoms with Crippen LogP contribution in [0.15, 0.2) is 33.5 Å². The topological polar surface area (TPSA) is 66.2 Å². The average Bonchev–Trinajstić information content (AvgIpc) is 2.86. The van der Waals surface area contributed by atoms with Gasteiger partial charge in [-0.2, -0.15) is 0 Å². The van der Waals surface area contributed by atoms with E-state index in [1.807, 2.05) is 12.1 Å². The van der Waals surface area contributed by atoms with E-state index in [9.17, 15) is 9.59 Å². The Morgan fingerprint density at radius 1 is 1.15 bits per heavy atom. The quantitative estimate of drug-likeness (QED) is 0.738. The minimum absolute atomic E-state index is 0.129.